The predicted octanol–water partition coefficient (Wildman–Crippen LogP) is 1.96. The number of piperazine rings is 1. The second-order valence-electron chi connectivity index (χ2n) is 6.47. The fourth-order valence-electron chi connectivity index (χ4n) is 2.97. The van der Waals surface area contributed by atoms with Gasteiger partial charge in [0.05, 0.1) is 5.75 Å². The first-order valence-corrected chi connectivity index (χ1v) is 10.6. The number of aromatic nitrogens is 2. The topological polar surface area (TPSA) is 78.4 Å². The lowest BCUT2D eigenvalue weighted by Gasteiger charge is -2.34. The molecule has 0 spiro atoms. The molecule has 2 amide bonds. The Morgan fingerprint density at radius 3 is 2.41 bits per heavy atom. The van der Waals surface area contributed by atoms with Gasteiger partial charge in [0, 0.05) is 38.8 Å². The third-order valence-corrected chi connectivity index (χ3v) is 6.42. The zero-order valence-corrected chi connectivity index (χ0v) is 17.3. The molecule has 1 aliphatic heterocycles. The Balaban J connectivity index is 1.56. The standard InChI is InChI=1S/C18H23N5O2S2/c1-12-8-13(2)10-14(9-12)16(25)22-4-6-23(7-5-22)17-20-21-18(27-17)26-11-15(24)19-3/h8-10H,4-7,11H2,1-3H3,(H,19,24). The summed E-state index contributed by atoms with van der Waals surface area (Å²) < 4.78 is 0.780. The number of anilines is 1. The lowest BCUT2D eigenvalue weighted by Crippen LogP contribution is -2.48. The van der Waals surface area contributed by atoms with Crippen LogP contribution in [-0.4, -0.2) is 65.9 Å². The van der Waals surface area contributed by atoms with Gasteiger partial charge in [0.25, 0.3) is 5.91 Å². The molecule has 1 saturated heterocycles. The Morgan fingerprint density at radius 2 is 1.78 bits per heavy atom. The van der Waals surface area contributed by atoms with Crippen LogP contribution in [0.25, 0.3) is 0 Å². The lowest BCUT2D eigenvalue weighted by molar-refractivity contribution is -0.118. The van der Waals surface area contributed by atoms with Crippen molar-refractivity contribution in [3.05, 3.63) is 34.9 Å². The van der Waals surface area contributed by atoms with Crippen molar-refractivity contribution in [3.8, 4) is 0 Å². The number of nitrogens with zero attached hydrogens (tertiary/aromatic N) is 4. The molecule has 0 saturated carbocycles. The molecule has 27 heavy (non-hydrogen) atoms. The lowest BCUT2D eigenvalue weighted by atomic mass is 10.1. The van der Waals surface area contributed by atoms with E-state index in [1.54, 1.807) is 7.05 Å². The van der Waals surface area contributed by atoms with E-state index in [4.69, 9.17) is 0 Å². The Hall–Kier alpha value is -2.13. The molecular weight excluding hydrogens is 382 g/mol. The van der Waals surface area contributed by atoms with Gasteiger partial charge >= 0.3 is 0 Å². The van der Waals surface area contributed by atoms with Crippen LogP contribution in [0.15, 0.2) is 22.5 Å². The van der Waals surface area contributed by atoms with Gasteiger partial charge in [0.15, 0.2) is 4.34 Å². The summed E-state index contributed by atoms with van der Waals surface area (Å²) in [4.78, 5) is 28.1. The van der Waals surface area contributed by atoms with E-state index >= 15 is 0 Å². The van der Waals surface area contributed by atoms with E-state index in [1.165, 1.54) is 23.1 Å². The summed E-state index contributed by atoms with van der Waals surface area (Å²) in [6.45, 7) is 6.79. The number of aryl methyl sites for hydroxylation is 2. The molecule has 0 radical (unpaired) electrons. The van der Waals surface area contributed by atoms with E-state index < -0.39 is 0 Å². The third-order valence-electron chi connectivity index (χ3n) is 4.31. The van der Waals surface area contributed by atoms with Crippen LogP contribution in [0, 0.1) is 13.8 Å². The third kappa shape index (κ3) is 4.98. The van der Waals surface area contributed by atoms with Crippen LogP contribution in [0.2, 0.25) is 0 Å². The molecule has 1 N–H and O–H groups in total. The van der Waals surface area contributed by atoms with Gasteiger partial charge in [-0.1, -0.05) is 40.3 Å². The highest BCUT2D eigenvalue weighted by Crippen LogP contribution is 2.28. The second-order valence-corrected chi connectivity index (χ2v) is 8.65. The van der Waals surface area contributed by atoms with Crippen LogP contribution in [0.5, 0.6) is 0 Å². The molecule has 9 heteroatoms. The SMILES string of the molecule is CNC(=O)CSc1nnc(N2CCN(C(=O)c3cc(C)cc(C)c3)CC2)s1. The number of hydrogen-bond acceptors (Lipinski definition) is 7. The summed E-state index contributed by atoms with van der Waals surface area (Å²) in [6.07, 6.45) is 0. The smallest absolute Gasteiger partial charge is 0.253 e. The summed E-state index contributed by atoms with van der Waals surface area (Å²) >= 11 is 2.87. The van der Waals surface area contributed by atoms with E-state index in [2.05, 4.69) is 26.5 Å². The van der Waals surface area contributed by atoms with Crippen LogP contribution in [0.4, 0.5) is 5.13 Å². The maximum absolute atomic E-state index is 12.8. The van der Waals surface area contributed by atoms with Crippen molar-refractivity contribution in [2.45, 2.75) is 18.2 Å². The summed E-state index contributed by atoms with van der Waals surface area (Å²) in [5, 5.41) is 11.8. The van der Waals surface area contributed by atoms with Crippen molar-refractivity contribution in [2.75, 3.05) is 43.9 Å². The van der Waals surface area contributed by atoms with E-state index in [9.17, 15) is 9.59 Å². The van der Waals surface area contributed by atoms with E-state index in [0.29, 0.717) is 18.8 Å². The first kappa shape index (κ1) is 19.6. The molecule has 0 aliphatic carbocycles. The van der Waals surface area contributed by atoms with Crippen molar-refractivity contribution >= 4 is 40.0 Å². The molecule has 1 aliphatic rings. The fourth-order valence-corrected chi connectivity index (χ4v) is 4.73. The number of rotatable bonds is 5. The maximum atomic E-state index is 12.8. The minimum Gasteiger partial charge on any atom is -0.358 e. The average Bonchev–Trinajstić information content (AvgIpc) is 3.14. The van der Waals surface area contributed by atoms with Crippen LogP contribution in [-0.2, 0) is 4.79 Å². The molecule has 2 aromatic rings. The summed E-state index contributed by atoms with van der Waals surface area (Å²) in [5.74, 6) is 0.388. The molecule has 0 bridgehead atoms. The molecule has 144 valence electrons. The van der Waals surface area contributed by atoms with Gasteiger partial charge in [-0.2, -0.15) is 0 Å². The van der Waals surface area contributed by atoms with Crippen molar-refractivity contribution in [3.63, 3.8) is 0 Å². The van der Waals surface area contributed by atoms with Crippen molar-refractivity contribution < 1.29 is 9.59 Å². The first-order valence-electron chi connectivity index (χ1n) is 8.75. The minimum atomic E-state index is -0.0322. The number of carbonyl (C=O) groups excluding carboxylic acids is 2. The van der Waals surface area contributed by atoms with Crippen LogP contribution < -0.4 is 10.2 Å². The Labute approximate surface area is 167 Å². The molecule has 7 nitrogen and oxygen atoms in total. The van der Waals surface area contributed by atoms with Crippen molar-refractivity contribution in [1.82, 2.24) is 20.4 Å². The van der Waals surface area contributed by atoms with E-state index in [1.807, 2.05) is 30.9 Å². The number of amides is 2. The monoisotopic (exact) mass is 405 g/mol. The largest absolute Gasteiger partial charge is 0.358 e. The zero-order valence-electron chi connectivity index (χ0n) is 15.7. The molecule has 1 aromatic carbocycles. The number of benzene rings is 1. The highest BCUT2D eigenvalue weighted by molar-refractivity contribution is 8.01. The van der Waals surface area contributed by atoms with Crippen molar-refractivity contribution in [2.24, 2.45) is 0 Å². The molecule has 2 heterocycles. The molecule has 0 atom stereocenters. The highest BCUT2D eigenvalue weighted by Gasteiger charge is 2.24. The Morgan fingerprint density at radius 1 is 1.11 bits per heavy atom. The summed E-state index contributed by atoms with van der Waals surface area (Å²) in [7, 11) is 1.62. The van der Waals surface area contributed by atoms with Gasteiger partial charge in [-0.25, -0.2) is 0 Å². The number of thioether (sulfide) groups is 1. The van der Waals surface area contributed by atoms with Crippen LogP contribution in [0.1, 0.15) is 21.5 Å². The van der Waals surface area contributed by atoms with Gasteiger partial charge in [0.1, 0.15) is 0 Å². The average molecular weight is 406 g/mol. The molecule has 1 aromatic heterocycles. The zero-order chi connectivity index (χ0) is 19.4. The Bertz CT molecular complexity index is 811. The number of carbonyl (C=O) groups is 2. The van der Waals surface area contributed by atoms with Crippen molar-refractivity contribution in [1.29, 1.82) is 0 Å². The second kappa shape index (κ2) is 8.71. The number of hydrogen-bond donors (Lipinski definition) is 1. The van der Waals surface area contributed by atoms with Crippen LogP contribution >= 0.6 is 23.1 Å². The number of nitrogens with one attached hydrogen (secondary N) is 1. The van der Waals surface area contributed by atoms with Gasteiger partial charge in [0.2, 0.25) is 11.0 Å². The van der Waals surface area contributed by atoms with Gasteiger partial charge < -0.3 is 15.1 Å². The maximum Gasteiger partial charge on any atom is 0.253 e. The Kier molecular flexibility index (Phi) is 6.33. The quantitative estimate of drug-likeness (QED) is 0.766. The molecule has 1 fully saturated rings. The first-order chi connectivity index (χ1) is 13.0. The summed E-state index contributed by atoms with van der Waals surface area (Å²) in [6, 6.07) is 5.97. The predicted molar refractivity (Wildman–Crippen MR) is 109 cm³/mol. The van der Waals surface area contributed by atoms with Crippen LogP contribution in [0.3, 0.4) is 0 Å². The van der Waals surface area contributed by atoms with E-state index in [-0.39, 0.29) is 11.8 Å². The minimum absolute atomic E-state index is 0.0322. The fraction of sp³-hybridized carbons (Fsp3) is 0.444. The van der Waals surface area contributed by atoms with Gasteiger partial charge in [-0.3, -0.25) is 9.59 Å². The molecule has 0 unspecified atom stereocenters. The molecule has 3 rings (SSSR count). The van der Waals surface area contributed by atoms with E-state index in [0.717, 1.165) is 39.3 Å². The highest BCUT2D eigenvalue weighted by atomic mass is 32.2. The summed E-state index contributed by atoms with van der Waals surface area (Å²) in [5.41, 5.74) is 2.96. The van der Waals surface area contributed by atoms with Gasteiger partial charge in [-0.15, -0.1) is 10.2 Å². The van der Waals surface area contributed by atoms with Gasteiger partial charge in [-0.05, 0) is 26.0 Å². The molecular formula is C18H23N5O2S2. The normalized spacial score (nSPS) is 14.3.